The third-order valence-corrected chi connectivity index (χ3v) is 4.17. The molecule has 25 heavy (non-hydrogen) atoms. The first kappa shape index (κ1) is 20.4. The number of rotatable bonds is 9. The SMILES string of the molecule is C=C/C=C(\COc1ccccc1F)C(C)C(C)C(=NC)C(C=O)=CN. The topological polar surface area (TPSA) is 64.7 Å². The Kier molecular flexibility index (Phi) is 8.33. The van der Waals surface area contributed by atoms with Crippen molar-refractivity contribution in [1.29, 1.82) is 0 Å². The fourth-order valence-corrected chi connectivity index (χ4v) is 2.54. The third kappa shape index (κ3) is 5.41. The number of nitrogens with two attached hydrogens (primary N) is 1. The molecular formula is C20H25FN2O2. The Morgan fingerprint density at radius 3 is 2.56 bits per heavy atom. The Morgan fingerprint density at radius 1 is 1.36 bits per heavy atom. The van der Waals surface area contributed by atoms with Crippen LogP contribution in [0.4, 0.5) is 4.39 Å². The van der Waals surface area contributed by atoms with Crippen LogP contribution in [0, 0.1) is 17.7 Å². The lowest BCUT2D eigenvalue weighted by Crippen LogP contribution is -2.25. The van der Waals surface area contributed by atoms with E-state index in [1.54, 1.807) is 31.3 Å². The normalized spacial score (nSPS) is 15.4. The summed E-state index contributed by atoms with van der Waals surface area (Å²) in [5.41, 5.74) is 7.40. The number of aliphatic imine (C=N–C) groups is 1. The summed E-state index contributed by atoms with van der Waals surface area (Å²) in [6.07, 6.45) is 5.44. The van der Waals surface area contributed by atoms with Gasteiger partial charge in [-0.1, -0.05) is 44.7 Å². The lowest BCUT2D eigenvalue weighted by molar-refractivity contribution is -0.104. The maximum absolute atomic E-state index is 13.7. The first-order valence-electron chi connectivity index (χ1n) is 8.03. The number of para-hydroxylation sites is 1. The van der Waals surface area contributed by atoms with Gasteiger partial charge in [0.15, 0.2) is 17.9 Å². The summed E-state index contributed by atoms with van der Waals surface area (Å²) in [7, 11) is 1.62. The average Bonchev–Trinajstić information content (AvgIpc) is 2.63. The standard InChI is InChI=1S/C20H25FN2O2/c1-5-8-16(13-25-19-10-7-6-9-18(19)21)14(2)15(3)20(23-4)17(11-22)12-24/h5-12,14-15H,1,13,22H2,2-4H3/b16-8+,17-11?,23-20?. The van der Waals surface area contributed by atoms with Crippen LogP contribution in [0.25, 0.3) is 0 Å². The molecule has 0 radical (unpaired) electrons. The molecule has 1 aromatic rings. The van der Waals surface area contributed by atoms with Gasteiger partial charge in [0.05, 0.1) is 5.57 Å². The molecule has 0 amide bonds. The van der Waals surface area contributed by atoms with Crippen molar-refractivity contribution in [1.82, 2.24) is 0 Å². The molecule has 1 rings (SSSR count). The minimum Gasteiger partial charge on any atom is -0.486 e. The third-order valence-electron chi connectivity index (χ3n) is 4.17. The van der Waals surface area contributed by atoms with Gasteiger partial charge in [-0.05, 0) is 23.6 Å². The number of benzene rings is 1. The molecule has 5 heteroatoms. The number of hydrogen-bond acceptors (Lipinski definition) is 4. The van der Waals surface area contributed by atoms with Crippen LogP contribution in [-0.2, 0) is 4.79 Å². The van der Waals surface area contributed by atoms with Crippen molar-refractivity contribution in [2.75, 3.05) is 13.7 Å². The van der Waals surface area contributed by atoms with Crippen molar-refractivity contribution < 1.29 is 13.9 Å². The molecule has 2 atom stereocenters. The van der Waals surface area contributed by atoms with Gasteiger partial charge in [0.25, 0.3) is 0 Å². The summed E-state index contributed by atoms with van der Waals surface area (Å²) in [6.45, 7) is 7.88. The summed E-state index contributed by atoms with van der Waals surface area (Å²) >= 11 is 0. The summed E-state index contributed by atoms with van der Waals surface area (Å²) in [4.78, 5) is 15.4. The summed E-state index contributed by atoms with van der Waals surface area (Å²) in [5, 5.41) is 0. The maximum Gasteiger partial charge on any atom is 0.165 e. The molecule has 0 aliphatic carbocycles. The zero-order chi connectivity index (χ0) is 18.8. The molecule has 0 saturated heterocycles. The highest BCUT2D eigenvalue weighted by molar-refractivity contribution is 6.15. The number of nitrogens with zero attached hydrogens (tertiary/aromatic N) is 1. The van der Waals surface area contributed by atoms with Gasteiger partial charge in [-0.15, -0.1) is 0 Å². The number of aldehydes is 1. The molecule has 0 saturated carbocycles. The van der Waals surface area contributed by atoms with Crippen molar-refractivity contribution in [2.45, 2.75) is 13.8 Å². The van der Waals surface area contributed by atoms with Gasteiger partial charge in [-0.2, -0.15) is 0 Å². The van der Waals surface area contributed by atoms with Crippen molar-refractivity contribution in [3.8, 4) is 5.75 Å². The van der Waals surface area contributed by atoms with Crippen LogP contribution in [0.5, 0.6) is 5.75 Å². The van der Waals surface area contributed by atoms with E-state index in [2.05, 4.69) is 11.6 Å². The lowest BCUT2D eigenvalue weighted by atomic mass is 9.83. The van der Waals surface area contributed by atoms with Gasteiger partial charge in [-0.25, -0.2) is 4.39 Å². The number of halogens is 1. The molecule has 2 N–H and O–H groups in total. The van der Waals surface area contributed by atoms with Crippen LogP contribution in [-0.4, -0.2) is 25.7 Å². The zero-order valence-electron chi connectivity index (χ0n) is 14.9. The molecule has 4 nitrogen and oxygen atoms in total. The summed E-state index contributed by atoms with van der Waals surface area (Å²) in [6, 6.07) is 6.25. The molecule has 0 aromatic heterocycles. The van der Waals surface area contributed by atoms with Crippen LogP contribution in [0.3, 0.4) is 0 Å². The van der Waals surface area contributed by atoms with Crippen LogP contribution < -0.4 is 10.5 Å². The first-order chi connectivity index (χ1) is 12.0. The highest BCUT2D eigenvalue weighted by Crippen LogP contribution is 2.26. The molecule has 2 unspecified atom stereocenters. The predicted molar refractivity (Wildman–Crippen MR) is 100 cm³/mol. The smallest absolute Gasteiger partial charge is 0.165 e. The molecule has 1 aromatic carbocycles. The first-order valence-corrected chi connectivity index (χ1v) is 8.03. The van der Waals surface area contributed by atoms with Crippen LogP contribution in [0.1, 0.15) is 13.8 Å². The number of carbonyl (C=O) groups excluding carboxylic acids is 1. The van der Waals surface area contributed by atoms with E-state index in [-0.39, 0.29) is 24.2 Å². The molecule has 0 spiro atoms. The number of hydrogen-bond donors (Lipinski definition) is 1. The Labute approximate surface area is 148 Å². The van der Waals surface area contributed by atoms with E-state index < -0.39 is 5.82 Å². The number of allylic oxidation sites excluding steroid dienone is 3. The molecular weight excluding hydrogens is 319 g/mol. The average molecular weight is 344 g/mol. The Balaban J connectivity index is 2.98. The lowest BCUT2D eigenvalue weighted by Gasteiger charge is -2.24. The largest absolute Gasteiger partial charge is 0.486 e. The fraction of sp³-hybridized carbons (Fsp3) is 0.300. The fourth-order valence-electron chi connectivity index (χ4n) is 2.54. The van der Waals surface area contributed by atoms with E-state index in [9.17, 15) is 9.18 Å². The Morgan fingerprint density at radius 2 is 2.04 bits per heavy atom. The van der Waals surface area contributed by atoms with Gasteiger partial charge < -0.3 is 10.5 Å². The maximum atomic E-state index is 13.7. The molecule has 0 aliphatic rings. The van der Waals surface area contributed by atoms with Gasteiger partial charge in [0, 0.05) is 24.9 Å². The van der Waals surface area contributed by atoms with Crippen LogP contribution in [0.2, 0.25) is 0 Å². The minimum absolute atomic E-state index is 0.0154. The zero-order valence-corrected chi connectivity index (χ0v) is 14.9. The second kappa shape index (κ2) is 10.2. The van der Waals surface area contributed by atoms with Crippen molar-refractivity contribution in [3.05, 3.63) is 66.2 Å². The monoisotopic (exact) mass is 344 g/mol. The summed E-state index contributed by atoms with van der Waals surface area (Å²) < 4.78 is 19.3. The summed E-state index contributed by atoms with van der Waals surface area (Å²) in [5.74, 6) is -0.317. The molecule has 0 aliphatic heterocycles. The van der Waals surface area contributed by atoms with Gasteiger partial charge >= 0.3 is 0 Å². The number of ether oxygens (including phenoxy) is 1. The second-order valence-corrected chi connectivity index (χ2v) is 5.62. The van der Waals surface area contributed by atoms with Gasteiger partial charge in [0.1, 0.15) is 6.61 Å². The quantitative estimate of drug-likeness (QED) is 0.321. The van der Waals surface area contributed by atoms with E-state index in [0.29, 0.717) is 17.6 Å². The minimum atomic E-state index is -0.411. The Bertz CT molecular complexity index is 693. The highest BCUT2D eigenvalue weighted by Gasteiger charge is 2.24. The van der Waals surface area contributed by atoms with Crippen LogP contribution >= 0.6 is 0 Å². The molecule has 0 fully saturated rings. The molecule has 0 heterocycles. The van der Waals surface area contributed by atoms with E-state index in [0.717, 1.165) is 5.57 Å². The van der Waals surface area contributed by atoms with E-state index in [1.807, 2.05) is 19.9 Å². The highest BCUT2D eigenvalue weighted by atomic mass is 19.1. The van der Waals surface area contributed by atoms with Crippen molar-refractivity contribution >= 4 is 12.0 Å². The molecule has 134 valence electrons. The van der Waals surface area contributed by atoms with Crippen molar-refractivity contribution in [3.63, 3.8) is 0 Å². The van der Waals surface area contributed by atoms with E-state index >= 15 is 0 Å². The van der Waals surface area contributed by atoms with E-state index in [1.165, 1.54) is 12.3 Å². The predicted octanol–water partition coefficient (Wildman–Crippen LogP) is 3.70. The number of carbonyl (C=O) groups is 1. The second-order valence-electron chi connectivity index (χ2n) is 5.62. The van der Waals surface area contributed by atoms with E-state index in [4.69, 9.17) is 10.5 Å². The van der Waals surface area contributed by atoms with Crippen molar-refractivity contribution in [2.24, 2.45) is 22.6 Å². The van der Waals surface area contributed by atoms with Gasteiger partial charge in [0.2, 0.25) is 0 Å². The van der Waals surface area contributed by atoms with Crippen LogP contribution in [0.15, 0.2) is 65.3 Å². The molecule has 0 bridgehead atoms. The van der Waals surface area contributed by atoms with Gasteiger partial charge in [-0.3, -0.25) is 9.79 Å². The Hall–Kier alpha value is -2.69.